The summed E-state index contributed by atoms with van der Waals surface area (Å²) in [6, 6.07) is -0.895. The van der Waals surface area contributed by atoms with Gasteiger partial charge in [-0.3, -0.25) is 9.36 Å². The second kappa shape index (κ2) is 54.7. The highest BCUT2D eigenvalue weighted by atomic mass is 31.2. The predicted octanol–water partition coefficient (Wildman–Crippen LogP) is 18.4. The Labute approximate surface area is 453 Å². The van der Waals surface area contributed by atoms with Crippen LogP contribution in [0.5, 0.6) is 0 Å². The van der Waals surface area contributed by atoms with Crippen molar-refractivity contribution in [2.75, 3.05) is 40.9 Å². The highest BCUT2D eigenvalue weighted by Crippen LogP contribution is 2.38. The number of rotatable bonds is 56. The molecule has 0 saturated carbocycles. The Balaban J connectivity index is 4.20. The number of likely N-dealkylation sites (N-methyl/N-ethyl adjacent to an activating group) is 1. The molecule has 0 rings (SSSR count). The number of nitrogens with one attached hydrogen (secondary N) is 1. The van der Waals surface area contributed by atoms with E-state index in [0.29, 0.717) is 17.4 Å². The summed E-state index contributed by atoms with van der Waals surface area (Å²) >= 11 is 0. The highest BCUT2D eigenvalue weighted by Gasteiger charge is 2.23. The minimum atomic E-state index is -4.61. The van der Waals surface area contributed by atoms with Crippen molar-refractivity contribution in [1.82, 2.24) is 5.32 Å². The van der Waals surface area contributed by atoms with Crippen molar-refractivity contribution in [1.29, 1.82) is 0 Å². The molecule has 9 heteroatoms. The van der Waals surface area contributed by atoms with Crippen LogP contribution in [-0.2, 0) is 18.4 Å². The number of phosphoric ester groups is 1. The summed E-state index contributed by atoms with van der Waals surface area (Å²) in [5, 5.41) is 13.9. The number of hydrogen-bond donors (Lipinski definition) is 2. The molecular formula is C64H119N2O6P. The van der Waals surface area contributed by atoms with Crippen molar-refractivity contribution in [3.05, 3.63) is 72.9 Å². The van der Waals surface area contributed by atoms with Gasteiger partial charge in [0.25, 0.3) is 7.82 Å². The second-order valence-electron chi connectivity index (χ2n) is 22.0. The smallest absolute Gasteiger partial charge is 0.268 e. The molecule has 0 aliphatic heterocycles. The number of amides is 1. The molecule has 0 saturated heterocycles. The van der Waals surface area contributed by atoms with Crippen LogP contribution in [0.1, 0.15) is 277 Å². The van der Waals surface area contributed by atoms with Gasteiger partial charge in [-0.1, -0.05) is 279 Å². The number of hydrogen-bond acceptors (Lipinski definition) is 6. The Bertz CT molecular complexity index is 1420. The lowest BCUT2D eigenvalue weighted by Gasteiger charge is -2.29. The molecule has 73 heavy (non-hydrogen) atoms. The zero-order valence-corrected chi connectivity index (χ0v) is 49.5. The van der Waals surface area contributed by atoms with Gasteiger partial charge in [0.05, 0.1) is 39.9 Å². The Kier molecular flexibility index (Phi) is 53.2. The number of unbranched alkanes of at least 4 members (excludes halogenated alkanes) is 33. The normalized spacial score (nSPS) is 14.3. The number of aliphatic hydroxyl groups is 1. The van der Waals surface area contributed by atoms with Crippen LogP contribution in [0.3, 0.4) is 0 Å². The van der Waals surface area contributed by atoms with Crippen molar-refractivity contribution in [2.24, 2.45) is 0 Å². The molecule has 1 amide bonds. The third-order valence-corrected chi connectivity index (χ3v) is 14.6. The Morgan fingerprint density at radius 2 is 0.836 bits per heavy atom. The largest absolute Gasteiger partial charge is 0.756 e. The van der Waals surface area contributed by atoms with Crippen molar-refractivity contribution in [3.63, 3.8) is 0 Å². The van der Waals surface area contributed by atoms with E-state index in [1.807, 2.05) is 27.2 Å². The number of nitrogens with zero attached hydrogens (tertiary/aromatic N) is 1. The van der Waals surface area contributed by atoms with Gasteiger partial charge in [-0.25, -0.2) is 0 Å². The lowest BCUT2D eigenvalue weighted by atomic mass is 10.0. The van der Waals surface area contributed by atoms with Gasteiger partial charge in [-0.05, 0) is 64.2 Å². The van der Waals surface area contributed by atoms with Crippen LogP contribution in [0.15, 0.2) is 72.9 Å². The second-order valence-corrected chi connectivity index (χ2v) is 23.4. The maximum atomic E-state index is 13.0. The first kappa shape index (κ1) is 70.9. The number of quaternary nitrogens is 1. The molecule has 0 radical (unpaired) electrons. The standard InChI is InChI=1S/C64H119N2O6P/c1-6-8-10-12-14-16-18-20-22-24-26-28-30-32-34-35-37-39-41-43-45-47-49-51-53-55-57-63(67)62(61-72-73(69,70)71-60-59-66(3,4)5)65-64(68)58-56-54-52-50-48-46-44-42-40-38-36-33-31-29-27-25-23-21-19-17-15-13-11-9-7-2/h9,11,15,17,21,23,27,29,33,36,55,57,62-63,67H,6-8,10,12-14,16,18-20,22,24-26,28,30-32,34-35,37-54,56,58-61H2,1-5H3,(H-,65,68,69,70)/b11-9-,17-15-,23-21-,29-27-,36-33-,57-55+. The third-order valence-electron chi connectivity index (χ3n) is 13.7. The number of aliphatic hydroxyl groups excluding tert-OH is 1. The summed E-state index contributed by atoms with van der Waals surface area (Å²) in [5.41, 5.74) is 0. The van der Waals surface area contributed by atoms with Crippen LogP contribution in [0, 0.1) is 0 Å². The lowest BCUT2D eigenvalue weighted by molar-refractivity contribution is -0.870. The molecule has 0 aromatic carbocycles. The maximum absolute atomic E-state index is 13.0. The summed E-state index contributed by atoms with van der Waals surface area (Å²) in [5.74, 6) is -0.203. The SMILES string of the molecule is CC/C=C\C/C=C\C/C=C\C/C=C\C/C=C\CCCCCCCCCCCC(=O)NC(COP(=O)([O-])OCC[N+](C)(C)C)C(O)/C=C/CCCCCCCCCCCCCCCCCCCCCCCCCC. The van der Waals surface area contributed by atoms with Gasteiger partial charge in [-0.2, -0.15) is 0 Å². The average molecular weight is 1040 g/mol. The third kappa shape index (κ3) is 57.5. The minimum absolute atomic E-state index is 0.00481. The van der Waals surface area contributed by atoms with Crippen LogP contribution < -0.4 is 10.2 Å². The summed E-state index contributed by atoms with van der Waals surface area (Å²) < 4.78 is 23.4. The van der Waals surface area contributed by atoms with E-state index in [9.17, 15) is 19.4 Å². The van der Waals surface area contributed by atoms with E-state index in [-0.39, 0.29) is 19.1 Å². The van der Waals surface area contributed by atoms with Gasteiger partial charge in [0.1, 0.15) is 13.2 Å². The molecule has 0 aromatic rings. The molecule has 0 fully saturated rings. The van der Waals surface area contributed by atoms with Gasteiger partial charge in [0.15, 0.2) is 0 Å². The number of phosphoric acid groups is 1. The minimum Gasteiger partial charge on any atom is -0.756 e. The lowest BCUT2D eigenvalue weighted by Crippen LogP contribution is -2.45. The van der Waals surface area contributed by atoms with Crippen LogP contribution in [0.4, 0.5) is 0 Å². The first-order chi connectivity index (χ1) is 35.5. The molecule has 3 unspecified atom stereocenters. The maximum Gasteiger partial charge on any atom is 0.268 e. The fourth-order valence-electron chi connectivity index (χ4n) is 8.89. The Morgan fingerprint density at radius 1 is 0.493 bits per heavy atom. The molecule has 3 atom stereocenters. The summed E-state index contributed by atoms with van der Waals surface area (Å²) in [6.45, 7) is 4.56. The molecule has 426 valence electrons. The highest BCUT2D eigenvalue weighted by molar-refractivity contribution is 7.45. The van der Waals surface area contributed by atoms with Gasteiger partial charge in [0.2, 0.25) is 5.91 Å². The van der Waals surface area contributed by atoms with E-state index < -0.39 is 20.0 Å². The van der Waals surface area contributed by atoms with E-state index >= 15 is 0 Å². The van der Waals surface area contributed by atoms with E-state index in [4.69, 9.17) is 9.05 Å². The molecule has 0 heterocycles. The number of carbonyl (C=O) groups is 1. The predicted molar refractivity (Wildman–Crippen MR) is 316 cm³/mol. The van der Waals surface area contributed by atoms with Crippen molar-refractivity contribution in [3.8, 4) is 0 Å². The summed E-state index contributed by atoms with van der Waals surface area (Å²) in [7, 11) is 1.26. The van der Waals surface area contributed by atoms with Crippen molar-refractivity contribution < 1.29 is 32.9 Å². The average Bonchev–Trinajstić information content (AvgIpc) is 3.35. The van der Waals surface area contributed by atoms with E-state index in [1.54, 1.807) is 6.08 Å². The van der Waals surface area contributed by atoms with E-state index in [0.717, 1.165) is 77.0 Å². The molecule has 0 aromatic heterocycles. The topological polar surface area (TPSA) is 108 Å². The molecule has 0 aliphatic carbocycles. The number of carbonyl (C=O) groups excluding carboxylic acids is 1. The van der Waals surface area contributed by atoms with Gasteiger partial charge in [0, 0.05) is 6.42 Å². The first-order valence-electron chi connectivity index (χ1n) is 30.8. The van der Waals surface area contributed by atoms with Crippen LogP contribution in [0.25, 0.3) is 0 Å². The quantitative estimate of drug-likeness (QED) is 0.0272. The summed E-state index contributed by atoms with van der Waals surface area (Å²) in [4.78, 5) is 25.6. The zero-order valence-electron chi connectivity index (χ0n) is 48.6. The number of allylic oxidation sites excluding steroid dienone is 11. The van der Waals surface area contributed by atoms with Crippen molar-refractivity contribution >= 4 is 13.7 Å². The Morgan fingerprint density at radius 3 is 1.22 bits per heavy atom. The molecule has 8 nitrogen and oxygen atoms in total. The van der Waals surface area contributed by atoms with Crippen molar-refractivity contribution in [2.45, 2.75) is 289 Å². The fourth-order valence-corrected chi connectivity index (χ4v) is 9.61. The van der Waals surface area contributed by atoms with Gasteiger partial charge >= 0.3 is 0 Å². The van der Waals surface area contributed by atoms with E-state index in [1.165, 1.54) is 180 Å². The van der Waals surface area contributed by atoms with E-state index in [2.05, 4.69) is 79.9 Å². The molecule has 0 spiro atoms. The zero-order chi connectivity index (χ0) is 53.5. The molecule has 0 aliphatic rings. The molecule has 0 bridgehead atoms. The van der Waals surface area contributed by atoms with Crippen LogP contribution in [-0.4, -0.2) is 68.5 Å². The molecule has 2 N–H and O–H groups in total. The Hall–Kier alpha value is -2.06. The summed E-state index contributed by atoms with van der Waals surface area (Å²) in [6.07, 6.45) is 75.5. The van der Waals surface area contributed by atoms with Gasteiger partial charge in [-0.15, -0.1) is 0 Å². The van der Waals surface area contributed by atoms with Crippen LogP contribution in [0.2, 0.25) is 0 Å². The first-order valence-corrected chi connectivity index (χ1v) is 32.3. The monoisotopic (exact) mass is 1040 g/mol. The molecular weight excluding hydrogens is 924 g/mol. The fraction of sp³-hybridized carbons (Fsp3) is 0.797. The van der Waals surface area contributed by atoms with Crippen LogP contribution >= 0.6 is 7.82 Å². The van der Waals surface area contributed by atoms with Gasteiger partial charge < -0.3 is 28.8 Å².